The number of sulfonamides is 1. The van der Waals surface area contributed by atoms with Crippen LogP contribution in [-0.4, -0.2) is 39.6 Å². The minimum atomic E-state index is -3.82. The Morgan fingerprint density at radius 2 is 1.85 bits per heavy atom. The van der Waals surface area contributed by atoms with Gasteiger partial charge in [-0.05, 0) is 43.9 Å². The monoisotopic (exact) mass is 414 g/mol. The lowest BCUT2D eigenvalue weighted by atomic mass is 10.1. The Labute approximate surface area is 166 Å². The first-order valence-corrected chi connectivity index (χ1v) is 11.5. The van der Waals surface area contributed by atoms with Crippen molar-refractivity contribution in [2.24, 2.45) is 0 Å². The van der Waals surface area contributed by atoms with Gasteiger partial charge in [-0.1, -0.05) is 37.3 Å². The van der Waals surface area contributed by atoms with E-state index in [0.717, 1.165) is 38.5 Å². The number of hydrogen-bond acceptors (Lipinski definition) is 4. The van der Waals surface area contributed by atoms with Crippen LogP contribution >= 0.6 is 11.6 Å². The zero-order valence-corrected chi connectivity index (χ0v) is 16.9. The summed E-state index contributed by atoms with van der Waals surface area (Å²) in [5.41, 5.74) is 0.307. The first kappa shape index (κ1) is 20.6. The van der Waals surface area contributed by atoms with E-state index >= 15 is 0 Å². The van der Waals surface area contributed by atoms with Crippen LogP contribution in [0.2, 0.25) is 5.02 Å². The Balaban J connectivity index is 1.69. The van der Waals surface area contributed by atoms with E-state index in [-0.39, 0.29) is 34.5 Å². The Bertz CT molecular complexity index is 755. The molecule has 1 saturated carbocycles. The molecule has 3 rings (SSSR count). The molecule has 2 N–H and O–H groups in total. The van der Waals surface area contributed by atoms with Crippen LogP contribution < -0.4 is 10.0 Å². The first-order valence-electron chi connectivity index (χ1n) is 9.67. The van der Waals surface area contributed by atoms with E-state index in [1.165, 1.54) is 25.0 Å². The van der Waals surface area contributed by atoms with Gasteiger partial charge in [0.15, 0.2) is 0 Å². The SMILES string of the molecule is O=C(NC1CCCCCC1)c1ccc(Cl)c(S(=O)(=O)NC[C@H]2CCCO2)c1. The van der Waals surface area contributed by atoms with E-state index in [2.05, 4.69) is 10.0 Å². The number of rotatable bonds is 6. The smallest absolute Gasteiger partial charge is 0.251 e. The number of nitrogens with one attached hydrogen (secondary N) is 2. The van der Waals surface area contributed by atoms with Gasteiger partial charge in [0.25, 0.3) is 5.91 Å². The molecule has 2 aliphatic rings. The summed E-state index contributed by atoms with van der Waals surface area (Å²) in [7, 11) is -3.82. The highest BCUT2D eigenvalue weighted by Crippen LogP contribution is 2.24. The van der Waals surface area contributed by atoms with Crippen LogP contribution in [0.3, 0.4) is 0 Å². The van der Waals surface area contributed by atoms with Crippen molar-refractivity contribution in [1.29, 1.82) is 0 Å². The molecule has 0 unspecified atom stereocenters. The number of amides is 1. The van der Waals surface area contributed by atoms with Crippen LogP contribution in [0.1, 0.15) is 61.7 Å². The van der Waals surface area contributed by atoms with Gasteiger partial charge in [0, 0.05) is 24.8 Å². The Kier molecular flexibility index (Phi) is 7.14. The maximum Gasteiger partial charge on any atom is 0.251 e. The van der Waals surface area contributed by atoms with Gasteiger partial charge < -0.3 is 10.1 Å². The maximum absolute atomic E-state index is 12.6. The summed E-state index contributed by atoms with van der Waals surface area (Å²) in [4.78, 5) is 12.5. The second kappa shape index (κ2) is 9.37. The average molecular weight is 415 g/mol. The maximum atomic E-state index is 12.6. The number of halogens is 1. The molecular weight excluding hydrogens is 388 g/mol. The van der Waals surface area contributed by atoms with E-state index in [0.29, 0.717) is 12.2 Å². The van der Waals surface area contributed by atoms with E-state index in [4.69, 9.17) is 16.3 Å². The fourth-order valence-corrected chi connectivity index (χ4v) is 5.22. The molecule has 1 aromatic carbocycles. The van der Waals surface area contributed by atoms with Gasteiger partial charge in [-0.3, -0.25) is 4.79 Å². The fourth-order valence-electron chi connectivity index (χ4n) is 3.63. The van der Waals surface area contributed by atoms with Crippen molar-refractivity contribution in [3.8, 4) is 0 Å². The van der Waals surface area contributed by atoms with Crippen LogP contribution in [-0.2, 0) is 14.8 Å². The lowest BCUT2D eigenvalue weighted by molar-refractivity contribution is 0.0933. The van der Waals surface area contributed by atoms with Gasteiger partial charge in [0.1, 0.15) is 4.90 Å². The highest BCUT2D eigenvalue weighted by atomic mass is 35.5. The number of hydrogen-bond donors (Lipinski definition) is 2. The van der Waals surface area contributed by atoms with Gasteiger partial charge in [-0.25, -0.2) is 13.1 Å². The van der Waals surface area contributed by atoms with E-state index in [1.807, 2.05) is 0 Å². The van der Waals surface area contributed by atoms with Gasteiger partial charge in [0.05, 0.1) is 11.1 Å². The molecule has 0 bridgehead atoms. The average Bonchev–Trinajstić information content (AvgIpc) is 3.04. The highest BCUT2D eigenvalue weighted by molar-refractivity contribution is 7.89. The van der Waals surface area contributed by atoms with Gasteiger partial charge >= 0.3 is 0 Å². The second-order valence-electron chi connectivity index (χ2n) is 7.29. The largest absolute Gasteiger partial charge is 0.377 e. The molecular formula is C19H27ClN2O4S. The van der Waals surface area contributed by atoms with Crippen LogP contribution in [0.15, 0.2) is 23.1 Å². The first-order chi connectivity index (χ1) is 13.0. The highest BCUT2D eigenvalue weighted by Gasteiger charge is 2.24. The van der Waals surface area contributed by atoms with Crippen molar-refractivity contribution in [3.63, 3.8) is 0 Å². The molecule has 150 valence electrons. The van der Waals surface area contributed by atoms with Crippen molar-refractivity contribution < 1.29 is 17.9 Å². The topological polar surface area (TPSA) is 84.5 Å². The van der Waals surface area contributed by atoms with Gasteiger partial charge in [0.2, 0.25) is 10.0 Å². The number of carbonyl (C=O) groups excluding carboxylic acids is 1. The molecule has 1 amide bonds. The lowest BCUT2D eigenvalue weighted by Crippen LogP contribution is -2.35. The van der Waals surface area contributed by atoms with Crippen LogP contribution in [0, 0.1) is 0 Å². The van der Waals surface area contributed by atoms with Crippen molar-refractivity contribution in [2.45, 2.75) is 68.4 Å². The molecule has 1 aromatic rings. The second-order valence-corrected chi connectivity index (χ2v) is 9.44. The minimum Gasteiger partial charge on any atom is -0.377 e. The fraction of sp³-hybridized carbons (Fsp3) is 0.632. The van der Waals surface area contributed by atoms with Crippen molar-refractivity contribution in [1.82, 2.24) is 10.0 Å². The molecule has 27 heavy (non-hydrogen) atoms. The molecule has 0 aromatic heterocycles. The van der Waals surface area contributed by atoms with Crippen LogP contribution in [0.25, 0.3) is 0 Å². The summed E-state index contributed by atoms with van der Waals surface area (Å²) in [6, 6.07) is 4.53. The molecule has 0 spiro atoms. The molecule has 6 nitrogen and oxygen atoms in total. The third-order valence-corrected chi connectivity index (χ3v) is 7.10. The molecule has 8 heteroatoms. The molecule has 1 aliphatic heterocycles. The molecule has 2 fully saturated rings. The summed E-state index contributed by atoms with van der Waals surface area (Å²) in [6.07, 6.45) is 8.21. The normalized spacial score (nSPS) is 21.7. The Hall–Kier alpha value is -1.15. The van der Waals surface area contributed by atoms with E-state index in [1.54, 1.807) is 6.07 Å². The predicted molar refractivity (Wildman–Crippen MR) is 105 cm³/mol. The third-order valence-electron chi connectivity index (χ3n) is 5.20. The molecule has 1 heterocycles. The third kappa shape index (κ3) is 5.67. The molecule has 0 radical (unpaired) electrons. The Morgan fingerprint density at radius 3 is 2.52 bits per heavy atom. The van der Waals surface area contributed by atoms with Gasteiger partial charge in [-0.2, -0.15) is 0 Å². The standard InChI is InChI=1S/C19H27ClN2O4S/c20-17-10-9-14(19(23)22-15-6-3-1-2-4-7-15)12-18(17)27(24,25)21-13-16-8-5-11-26-16/h9-10,12,15-16,21H,1-8,11,13H2,(H,22,23)/t16-/m1/s1. The van der Waals surface area contributed by atoms with Crippen LogP contribution in [0.5, 0.6) is 0 Å². The van der Waals surface area contributed by atoms with Crippen LogP contribution in [0.4, 0.5) is 0 Å². The molecule has 1 aliphatic carbocycles. The number of ether oxygens (including phenoxy) is 1. The summed E-state index contributed by atoms with van der Waals surface area (Å²) in [6.45, 7) is 0.862. The van der Waals surface area contributed by atoms with Crippen molar-refractivity contribution >= 4 is 27.5 Å². The zero-order valence-electron chi connectivity index (χ0n) is 15.4. The molecule has 1 atom stereocenters. The zero-order chi connectivity index (χ0) is 19.3. The van der Waals surface area contributed by atoms with Crippen molar-refractivity contribution in [3.05, 3.63) is 28.8 Å². The molecule has 1 saturated heterocycles. The Morgan fingerprint density at radius 1 is 1.11 bits per heavy atom. The summed E-state index contributed by atoms with van der Waals surface area (Å²) in [5.74, 6) is -0.255. The minimum absolute atomic E-state index is 0.0734. The number of carbonyl (C=O) groups is 1. The quantitative estimate of drug-likeness (QED) is 0.700. The summed E-state index contributed by atoms with van der Waals surface area (Å²) in [5, 5.41) is 3.13. The summed E-state index contributed by atoms with van der Waals surface area (Å²) >= 11 is 6.11. The van der Waals surface area contributed by atoms with Gasteiger partial charge in [-0.15, -0.1) is 0 Å². The lowest BCUT2D eigenvalue weighted by Gasteiger charge is -2.17. The number of benzene rings is 1. The predicted octanol–water partition coefficient (Wildman–Crippen LogP) is 3.25. The van der Waals surface area contributed by atoms with E-state index in [9.17, 15) is 13.2 Å². The van der Waals surface area contributed by atoms with Crippen molar-refractivity contribution in [2.75, 3.05) is 13.2 Å². The summed E-state index contributed by atoms with van der Waals surface area (Å²) < 4.78 is 33.3. The van der Waals surface area contributed by atoms with E-state index < -0.39 is 10.0 Å².